The Morgan fingerprint density at radius 3 is 2.67 bits per heavy atom. The van der Waals surface area contributed by atoms with Gasteiger partial charge in [0.1, 0.15) is 5.82 Å². The van der Waals surface area contributed by atoms with Gasteiger partial charge in [0, 0.05) is 6.04 Å². The third-order valence-electron chi connectivity index (χ3n) is 4.19. The number of halogens is 4. The summed E-state index contributed by atoms with van der Waals surface area (Å²) in [6, 6.07) is 3.43. The van der Waals surface area contributed by atoms with Crippen LogP contribution in [0.1, 0.15) is 17.5 Å². The summed E-state index contributed by atoms with van der Waals surface area (Å²) in [6.07, 6.45) is -2.15. The van der Waals surface area contributed by atoms with Gasteiger partial charge in [-0.25, -0.2) is 4.39 Å². The number of likely N-dealkylation sites (N-methyl/N-ethyl adjacent to an activating group) is 1. The van der Waals surface area contributed by atoms with Crippen molar-refractivity contribution >= 4 is 5.57 Å². The highest BCUT2D eigenvalue weighted by atomic mass is 19.4. The highest BCUT2D eigenvalue weighted by Gasteiger charge is 2.36. The second-order valence-corrected chi connectivity index (χ2v) is 5.51. The van der Waals surface area contributed by atoms with E-state index in [1.807, 2.05) is 13.1 Å². The van der Waals surface area contributed by atoms with Crippen LogP contribution in [0.2, 0.25) is 0 Å². The number of ether oxygens (including phenoxy) is 1. The molecule has 1 saturated heterocycles. The number of fused-ring (bicyclic) bond motifs is 2. The lowest BCUT2D eigenvalue weighted by Crippen LogP contribution is -2.51. The molecule has 0 spiro atoms. The van der Waals surface area contributed by atoms with Crippen molar-refractivity contribution in [2.45, 2.75) is 24.7 Å². The Bertz CT molecular complexity index is 582. The van der Waals surface area contributed by atoms with Crippen LogP contribution in [-0.4, -0.2) is 37.2 Å². The molecule has 2 aliphatic rings. The van der Waals surface area contributed by atoms with Gasteiger partial charge in [-0.2, -0.15) is 13.2 Å². The number of nitrogens with zero attached hydrogens (tertiary/aromatic N) is 1. The van der Waals surface area contributed by atoms with Crippen molar-refractivity contribution in [2.24, 2.45) is 0 Å². The molecule has 2 heterocycles. The molecule has 3 rings (SSSR count). The summed E-state index contributed by atoms with van der Waals surface area (Å²) in [4.78, 5) is 2.17. The molecule has 0 amide bonds. The van der Waals surface area contributed by atoms with Gasteiger partial charge in [0.05, 0.1) is 24.8 Å². The van der Waals surface area contributed by atoms with Crippen molar-refractivity contribution < 1.29 is 22.3 Å². The quantitative estimate of drug-likeness (QED) is 0.738. The Balaban J connectivity index is 1.98. The van der Waals surface area contributed by atoms with Crippen molar-refractivity contribution in [3.63, 3.8) is 0 Å². The molecule has 114 valence electrons. The molecule has 1 aromatic rings. The molecule has 0 saturated carbocycles. The standard InChI is InChI=1S/C15H15F4NO/c1-20-11-4-10(5-12(20)8-21-7-11)9-2-3-14(16)13(6-9)15(17,18)19/h2-4,6,11-12H,5,7-8H2,1H3. The van der Waals surface area contributed by atoms with Gasteiger partial charge in [0.2, 0.25) is 0 Å². The van der Waals surface area contributed by atoms with Crippen molar-refractivity contribution in [2.75, 3.05) is 20.3 Å². The molecule has 21 heavy (non-hydrogen) atoms. The largest absolute Gasteiger partial charge is 0.419 e. The van der Waals surface area contributed by atoms with Gasteiger partial charge >= 0.3 is 6.18 Å². The molecule has 0 aliphatic carbocycles. The fourth-order valence-electron chi connectivity index (χ4n) is 2.91. The summed E-state index contributed by atoms with van der Waals surface area (Å²) in [6.45, 7) is 1.10. The second kappa shape index (κ2) is 5.10. The maximum absolute atomic E-state index is 13.4. The SMILES string of the molecule is CN1C2C=C(c3ccc(F)c(C(F)(F)F)c3)CC1COC2. The molecule has 2 atom stereocenters. The molecule has 1 fully saturated rings. The predicted octanol–water partition coefficient (Wildman–Crippen LogP) is 3.33. The van der Waals surface area contributed by atoms with Crippen LogP contribution < -0.4 is 0 Å². The number of alkyl halides is 3. The molecule has 0 radical (unpaired) electrons. The fraction of sp³-hybridized carbons (Fsp3) is 0.467. The van der Waals surface area contributed by atoms with E-state index in [4.69, 9.17) is 4.74 Å². The fourth-order valence-corrected chi connectivity index (χ4v) is 2.91. The van der Waals surface area contributed by atoms with Crippen LogP contribution in [0.3, 0.4) is 0 Å². The first kappa shape index (κ1) is 14.5. The number of benzene rings is 1. The third kappa shape index (κ3) is 2.70. The number of hydrogen-bond donors (Lipinski definition) is 0. The Labute approximate surface area is 120 Å². The van der Waals surface area contributed by atoms with E-state index in [0.29, 0.717) is 25.2 Å². The van der Waals surface area contributed by atoms with Crippen molar-refractivity contribution in [1.82, 2.24) is 4.90 Å². The van der Waals surface area contributed by atoms with E-state index in [9.17, 15) is 17.6 Å². The average Bonchev–Trinajstić information content (AvgIpc) is 2.37. The molecule has 2 aliphatic heterocycles. The normalized spacial score (nSPS) is 26.6. The monoisotopic (exact) mass is 301 g/mol. The van der Waals surface area contributed by atoms with Crippen LogP contribution in [-0.2, 0) is 10.9 Å². The van der Waals surface area contributed by atoms with E-state index in [1.165, 1.54) is 6.07 Å². The molecular formula is C15H15F4NO. The smallest absolute Gasteiger partial charge is 0.378 e. The summed E-state index contributed by atoms with van der Waals surface area (Å²) in [7, 11) is 1.98. The second-order valence-electron chi connectivity index (χ2n) is 5.51. The summed E-state index contributed by atoms with van der Waals surface area (Å²) in [5.74, 6) is -1.23. The van der Waals surface area contributed by atoms with Crippen molar-refractivity contribution in [3.8, 4) is 0 Å². The van der Waals surface area contributed by atoms with E-state index < -0.39 is 17.6 Å². The van der Waals surface area contributed by atoms with Crippen LogP contribution >= 0.6 is 0 Å². The average molecular weight is 301 g/mol. The van der Waals surface area contributed by atoms with Gasteiger partial charge in [-0.15, -0.1) is 0 Å². The minimum atomic E-state index is -4.68. The summed E-state index contributed by atoms with van der Waals surface area (Å²) < 4.78 is 57.2. The Morgan fingerprint density at radius 1 is 1.24 bits per heavy atom. The maximum atomic E-state index is 13.4. The Morgan fingerprint density at radius 2 is 2.00 bits per heavy atom. The topological polar surface area (TPSA) is 12.5 Å². The van der Waals surface area contributed by atoms with Gasteiger partial charge in [-0.05, 0) is 36.7 Å². The molecular weight excluding hydrogens is 286 g/mol. The van der Waals surface area contributed by atoms with E-state index in [2.05, 4.69) is 4.90 Å². The number of hydrogen-bond acceptors (Lipinski definition) is 2. The van der Waals surface area contributed by atoms with E-state index >= 15 is 0 Å². The molecule has 2 nitrogen and oxygen atoms in total. The molecule has 6 heteroatoms. The van der Waals surface area contributed by atoms with E-state index in [1.54, 1.807) is 0 Å². The number of morpholine rings is 1. The Hall–Kier alpha value is -1.40. The zero-order valence-corrected chi connectivity index (χ0v) is 11.5. The highest BCUT2D eigenvalue weighted by Crippen LogP contribution is 2.36. The Kier molecular flexibility index (Phi) is 3.53. The zero-order chi connectivity index (χ0) is 15.2. The van der Waals surface area contributed by atoms with Gasteiger partial charge in [-0.1, -0.05) is 12.1 Å². The molecule has 2 unspecified atom stereocenters. The van der Waals surface area contributed by atoms with Gasteiger partial charge < -0.3 is 4.74 Å². The van der Waals surface area contributed by atoms with E-state index in [-0.39, 0.29) is 12.1 Å². The minimum Gasteiger partial charge on any atom is -0.378 e. The summed E-state index contributed by atoms with van der Waals surface area (Å²) in [5.41, 5.74) is 0.0619. The first-order valence-corrected chi connectivity index (χ1v) is 6.74. The summed E-state index contributed by atoms with van der Waals surface area (Å²) >= 11 is 0. The molecule has 1 aromatic carbocycles. The van der Waals surface area contributed by atoms with Crippen LogP contribution in [0.15, 0.2) is 24.3 Å². The maximum Gasteiger partial charge on any atom is 0.419 e. The molecule has 2 bridgehead atoms. The van der Waals surface area contributed by atoms with Crippen LogP contribution in [0.25, 0.3) is 5.57 Å². The van der Waals surface area contributed by atoms with Crippen molar-refractivity contribution in [3.05, 3.63) is 41.2 Å². The first-order chi connectivity index (χ1) is 9.86. The van der Waals surface area contributed by atoms with Crippen LogP contribution in [0, 0.1) is 5.82 Å². The lowest BCUT2D eigenvalue weighted by molar-refractivity contribution is -0.140. The number of rotatable bonds is 1. The minimum absolute atomic E-state index is 0.0619. The summed E-state index contributed by atoms with van der Waals surface area (Å²) in [5, 5.41) is 0. The van der Waals surface area contributed by atoms with Crippen LogP contribution in [0.5, 0.6) is 0 Å². The third-order valence-corrected chi connectivity index (χ3v) is 4.19. The van der Waals surface area contributed by atoms with Crippen LogP contribution in [0.4, 0.5) is 17.6 Å². The first-order valence-electron chi connectivity index (χ1n) is 6.74. The van der Waals surface area contributed by atoms with Gasteiger partial charge in [0.25, 0.3) is 0 Å². The zero-order valence-electron chi connectivity index (χ0n) is 11.5. The predicted molar refractivity (Wildman–Crippen MR) is 70.2 cm³/mol. The molecule has 0 N–H and O–H groups in total. The lowest BCUT2D eigenvalue weighted by atomic mass is 9.89. The van der Waals surface area contributed by atoms with Gasteiger partial charge in [-0.3, -0.25) is 4.90 Å². The van der Waals surface area contributed by atoms with E-state index in [0.717, 1.165) is 17.7 Å². The molecule has 0 aromatic heterocycles. The lowest BCUT2D eigenvalue weighted by Gasteiger charge is -2.42. The highest BCUT2D eigenvalue weighted by molar-refractivity contribution is 5.68. The van der Waals surface area contributed by atoms with Crippen molar-refractivity contribution in [1.29, 1.82) is 0 Å². The van der Waals surface area contributed by atoms with Gasteiger partial charge in [0.15, 0.2) is 0 Å².